The Morgan fingerprint density at radius 2 is 1.96 bits per heavy atom. The molecule has 1 aromatic rings. The maximum atomic E-state index is 6.05. The molecule has 0 amide bonds. The van der Waals surface area contributed by atoms with Gasteiger partial charge in [0.2, 0.25) is 0 Å². The maximum absolute atomic E-state index is 6.05. The zero-order valence-electron chi connectivity index (χ0n) is 15.4. The fourth-order valence-corrected chi connectivity index (χ4v) is 5.72. The van der Waals surface area contributed by atoms with Crippen molar-refractivity contribution >= 4 is 13.9 Å². The van der Waals surface area contributed by atoms with E-state index in [-0.39, 0.29) is 0 Å². The van der Waals surface area contributed by atoms with Gasteiger partial charge in [0.15, 0.2) is 0 Å². The molecule has 1 heterocycles. The van der Waals surface area contributed by atoms with Crippen LogP contribution in [-0.2, 0) is 0 Å². The van der Waals surface area contributed by atoms with Crippen LogP contribution in [0.15, 0.2) is 35.5 Å². The molecule has 4 heteroatoms. The van der Waals surface area contributed by atoms with Crippen molar-refractivity contribution in [3.8, 4) is 5.75 Å². The van der Waals surface area contributed by atoms with Crippen LogP contribution in [-0.4, -0.2) is 27.1 Å². The molecule has 3 nitrogen and oxygen atoms in total. The molecule has 1 radical (unpaired) electrons. The van der Waals surface area contributed by atoms with Crippen LogP contribution in [0.5, 0.6) is 5.75 Å². The Labute approximate surface area is 148 Å². The van der Waals surface area contributed by atoms with Crippen LogP contribution in [0.25, 0.3) is 0 Å². The van der Waals surface area contributed by atoms with Crippen molar-refractivity contribution < 1.29 is 4.74 Å². The van der Waals surface area contributed by atoms with Crippen molar-refractivity contribution in [3.05, 3.63) is 42.1 Å². The molecule has 0 aromatic heterocycles. The third-order valence-corrected chi connectivity index (χ3v) is 7.91. The van der Waals surface area contributed by atoms with Crippen LogP contribution in [0, 0.1) is 6.08 Å². The highest BCUT2D eigenvalue weighted by Crippen LogP contribution is 2.22. The predicted molar refractivity (Wildman–Crippen MR) is 106 cm³/mol. The van der Waals surface area contributed by atoms with Gasteiger partial charge in [-0.15, -0.1) is 0 Å². The van der Waals surface area contributed by atoms with Gasteiger partial charge in [0.25, 0.3) is 0 Å². The molecule has 24 heavy (non-hydrogen) atoms. The Bertz CT molecular complexity index is 567. The summed E-state index contributed by atoms with van der Waals surface area (Å²) in [6.07, 6.45) is 9.88. The van der Waals surface area contributed by atoms with E-state index in [1.54, 1.807) is 6.20 Å². The Kier molecular flexibility index (Phi) is 7.57. The molecule has 0 atom stereocenters. The van der Waals surface area contributed by atoms with Crippen LogP contribution in [0.3, 0.4) is 0 Å². The molecule has 1 N–H and O–H groups in total. The molecule has 0 saturated heterocycles. The van der Waals surface area contributed by atoms with Gasteiger partial charge in [0, 0.05) is 20.8 Å². The number of unbranched alkanes of at least 4 members (excludes halogenated alkanes) is 2. The summed E-state index contributed by atoms with van der Waals surface area (Å²) in [6.45, 7) is 8.82. The first-order chi connectivity index (χ1) is 11.6. The Balaban J connectivity index is 1.79. The van der Waals surface area contributed by atoms with Gasteiger partial charge in [-0.3, -0.25) is 0 Å². The Morgan fingerprint density at radius 3 is 2.71 bits per heavy atom. The predicted octanol–water partition coefficient (Wildman–Crippen LogP) is 5.02. The van der Waals surface area contributed by atoms with E-state index in [4.69, 9.17) is 4.74 Å². The average molecular weight is 344 g/mol. The average Bonchev–Trinajstić information content (AvgIpc) is 2.61. The molecule has 1 aliphatic rings. The lowest BCUT2D eigenvalue weighted by atomic mass is 10.1. The Hall–Kier alpha value is -1.55. The highest BCUT2D eigenvalue weighted by Gasteiger charge is 2.19. The summed E-state index contributed by atoms with van der Waals surface area (Å²) < 4.78 is 6.05. The highest BCUT2D eigenvalue weighted by molar-refractivity contribution is 6.77. The largest absolute Gasteiger partial charge is 0.493 e. The molecule has 0 aliphatic carbocycles. The van der Waals surface area contributed by atoms with Crippen molar-refractivity contribution in [1.29, 1.82) is 0 Å². The fraction of sp³-hybridized carbons (Fsp3) is 0.550. The summed E-state index contributed by atoms with van der Waals surface area (Å²) in [4.78, 5) is 4.36. The second-order valence-electron chi connectivity index (χ2n) is 7.23. The SMILES string of the molecule is CCCC[Si](C)(C)CCCCOc1ccccc1C1=NC=[C]CN1. The summed E-state index contributed by atoms with van der Waals surface area (Å²) in [6, 6.07) is 11.0. The van der Waals surface area contributed by atoms with Crippen molar-refractivity contribution in [2.75, 3.05) is 13.2 Å². The first-order valence-corrected chi connectivity index (χ1v) is 12.6. The van der Waals surface area contributed by atoms with Crippen molar-refractivity contribution in [2.45, 2.75) is 57.8 Å². The van der Waals surface area contributed by atoms with Gasteiger partial charge >= 0.3 is 0 Å². The number of rotatable bonds is 10. The molecule has 0 saturated carbocycles. The van der Waals surface area contributed by atoms with Crippen LogP contribution in [0.2, 0.25) is 25.2 Å². The standard InChI is InChI=1S/C20H31N2OSi/c1-4-5-16-24(2,3)17-9-8-15-23-19-12-7-6-11-18(19)20-21-13-10-14-22-20/h6-7,11-13H,4-5,8-9,14-17H2,1-3H3,(H,21,22). The van der Waals surface area contributed by atoms with Gasteiger partial charge in [0.05, 0.1) is 12.2 Å². The minimum absolute atomic E-state index is 0.699. The van der Waals surface area contributed by atoms with Crippen molar-refractivity contribution in [1.82, 2.24) is 5.32 Å². The van der Waals surface area contributed by atoms with Gasteiger partial charge in [-0.1, -0.05) is 63.5 Å². The first kappa shape index (κ1) is 18.8. The normalized spacial score (nSPS) is 14.2. The lowest BCUT2D eigenvalue weighted by Gasteiger charge is -2.22. The van der Waals surface area contributed by atoms with Crippen molar-refractivity contribution in [2.24, 2.45) is 4.99 Å². The first-order valence-electron chi connectivity index (χ1n) is 9.21. The third kappa shape index (κ3) is 6.15. The topological polar surface area (TPSA) is 33.6 Å². The van der Waals surface area contributed by atoms with Crippen molar-refractivity contribution in [3.63, 3.8) is 0 Å². The molecule has 131 valence electrons. The molecule has 1 aromatic carbocycles. The van der Waals surface area contributed by atoms with E-state index in [1.807, 2.05) is 18.2 Å². The lowest BCUT2D eigenvalue weighted by molar-refractivity contribution is 0.308. The fourth-order valence-electron chi connectivity index (χ4n) is 2.96. The summed E-state index contributed by atoms with van der Waals surface area (Å²) in [5, 5.41) is 3.25. The number of amidine groups is 1. The van der Waals surface area contributed by atoms with E-state index in [1.165, 1.54) is 31.4 Å². The van der Waals surface area contributed by atoms with E-state index in [2.05, 4.69) is 42.5 Å². The second kappa shape index (κ2) is 9.67. The molecule has 0 bridgehead atoms. The number of benzene rings is 1. The zero-order valence-corrected chi connectivity index (χ0v) is 16.4. The quantitative estimate of drug-likeness (QED) is 0.478. The maximum Gasteiger partial charge on any atom is 0.137 e. The van der Waals surface area contributed by atoms with Crippen LogP contribution in [0.4, 0.5) is 0 Å². The summed E-state index contributed by atoms with van der Waals surface area (Å²) >= 11 is 0. The number of aliphatic imine (C=N–C) groups is 1. The highest BCUT2D eigenvalue weighted by atomic mass is 28.3. The van der Waals surface area contributed by atoms with Gasteiger partial charge in [-0.25, -0.2) is 4.99 Å². The number of ether oxygens (including phenoxy) is 1. The number of nitrogens with zero attached hydrogens (tertiary/aromatic N) is 1. The van der Waals surface area contributed by atoms with E-state index < -0.39 is 8.07 Å². The summed E-state index contributed by atoms with van der Waals surface area (Å²) in [5.41, 5.74) is 1.04. The van der Waals surface area contributed by atoms with E-state index in [0.717, 1.165) is 30.2 Å². The van der Waals surface area contributed by atoms with Crippen LogP contribution >= 0.6 is 0 Å². The van der Waals surface area contributed by atoms with E-state index in [9.17, 15) is 0 Å². The van der Waals surface area contributed by atoms with Gasteiger partial charge in [-0.05, 0) is 24.6 Å². The molecular weight excluding hydrogens is 312 g/mol. The number of hydrogen-bond donors (Lipinski definition) is 1. The molecule has 2 rings (SSSR count). The molecule has 0 spiro atoms. The van der Waals surface area contributed by atoms with Crippen LogP contribution < -0.4 is 10.1 Å². The minimum atomic E-state index is -0.987. The lowest BCUT2D eigenvalue weighted by Crippen LogP contribution is -2.27. The number of hydrogen-bond acceptors (Lipinski definition) is 3. The van der Waals surface area contributed by atoms with E-state index >= 15 is 0 Å². The van der Waals surface area contributed by atoms with Gasteiger partial charge in [-0.2, -0.15) is 0 Å². The van der Waals surface area contributed by atoms with Gasteiger partial charge < -0.3 is 10.1 Å². The number of nitrogens with one attached hydrogen (secondary N) is 1. The smallest absolute Gasteiger partial charge is 0.137 e. The zero-order chi connectivity index (χ0) is 17.3. The molecule has 0 fully saturated rings. The Morgan fingerprint density at radius 1 is 1.17 bits per heavy atom. The summed E-state index contributed by atoms with van der Waals surface area (Å²) in [5.74, 6) is 1.79. The third-order valence-electron chi connectivity index (χ3n) is 4.50. The second-order valence-corrected chi connectivity index (χ2v) is 12.6. The van der Waals surface area contributed by atoms with E-state index in [0.29, 0.717) is 6.54 Å². The number of para-hydroxylation sites is 1. The minimum Gasteiger partial charge on any atom is -0.493 e. The molecule has 0 unspecified atom stereocenters. The molecular formula is C20H31N2OSi. The monoisotopic (exact) mass is 343 g/mol. The van der Waals surface area contributed by atoms with Gasteiger partial charge in [0.1, 0.15) is 11.6 Å². The van der Waals surface area contributed by atoms with Crippen LogP contribution in [0.1, 0.15) is 38.2 Å². The summed E-state index contributed by atoms with van der Waals surface area (Å²) in [7, 11) is -0.987. The molecule has 1 aliphatic heterocycles.